The lowest BCUT2D eigenvalue weighted by Gasteiger charge is -2.26. The van der Waals surface area contributed by atoms with Crippen molar-refractivity contribution in [1.29, 1.82) is 0 Å². The fourth-order valence-electron chi connectivity index (χ4n) is 7.09. The summed E-state index contributed by atoms with van der Waals surface area (Å²) in [5.74, 6) is 1.54. The van der Waals surface area contributed by atoms with E-state index in [2.05, 4.69) is 99.5 Å². The first kappa shape index (κ1) is 27.7. The van der Waals surface area contributed by atoms with Gasteiger partial charge in [-0.1, -0.05) is 63.7 Å². The highest BCUT2D eigenvalue weighted by Crippen LogP contribution is 2.33. The van der Waals surface area contributed by atoms with Gasteiger partial charge in [0.15, 0.2) is 0 Å². The third kappa shape index (κ3) is 4.77. The number of fused-ring (bicyclic) bond motifs is 3. The predicted molar refractivity (Wildman–Crippen MR) is 183 cm³/mol. The lowest BCUT2D eigenvalue weighted by atomic mass is 9.46. The van der Waals surface area contributed by atoms with Crippen molar-refractivity contribution in [2.24, 2.45) is 0 Å². The Bertz CT molecular complexity index is 2070. The number of aromatic nitrogens is 4. The molecule has 0 fully saturated rings. The Balaban J connectivity index is 1.45. The number of hydrogen-bond acceptors (Lipinski definition) is 3. The monoisotopic (exact) mass is 574 g/mol. The zero-order valence-corrected chi connectivity index (χ0v) is 26.1. The topological polar surface area (TPSA) is 44.9 Å². The Labute approximate surface area is 258 Å². The molecule has 0 N–H and O–H groups in total. The van der Waals surface area contributed by atoms with E-state index in [4.69, 9.17) is 9.72 Å². The molecule has 3 aromatic heterocycles. The molecule has 4 aromatic carbocycles. The maximum Gasteiger partial charge on any atom is 0.329 e. The highest BCUT2D eigenvalue weighted by atomic mass is 16.5. The summed E-state index contributed by atoms with van der Waals surface area (Å²) < 4.78 is 10.9. The predicted octanol–water partition coefficient (Wildman–Crippen LogP) is 7.67. The summed E-state index contributed by atoms with van der Waals surface area (Å²) in [6.45, 7) is 13.3. The molecule has 44 heavy (non-hydrogen) atoms. The molecule has 0 amide bonds. The number of imidazole rings is 1. The summed E-state index contributed by atoms with van der Waals surface area (Å²) in [6.07, 6.45) is 7.37. The van der Waals surface area contributed by atoms with Crippen LogP contribution in [0.15, 0.2) is 104 Å². The van der Waals surface area contributed by atoms with Crippen LogP contribution in [0.2, 0.25) is 0 Å². The second kappa shape index (κ2) is 10.9. The first-order valence-corrected chi connectivity index (χ1v) is 15.1. The molecule has 0 saturated carbocycles. The summed E-state index contributed by atoms with van der Waals surface area (Å²) in [6, 6.07) is 27.9. The average Bonchev–Trinajstić information content (AvgIpc) is 3.63. The molecule has 7 rings (SSSR count). The lowest BCUT2D eigenvalue weighted by molar-refractivity contribution is 0.483. The zero-order chi connectivity index (χ0) is 30.5. The number of pyridine rings is 1. The van der Waals surface area contributed by atoms with Crippen LogP contribution in [0, 0.1) is 41.5 Å². The Morgan fingerprint density at radius 3 is 1.93 bits per heavy atom. The van der Waals surface area contributed by atoms with E-state index in [1.165, 1.54) is 44.3 Å². The minimum atomic E-state index is -0.0287. The van der Waals surface area contributed by atoms with E-state index in [1.54, 1.807) is 12.5 Å². The number of rotatable bonds is 6. The minimum absolute atomic E-state index is 0.0287. The highest BCUT2D eigenvalue weighted by Gasteiger charge is 2.32. The fourth-order valence-corrected chi connectivity index (χ4v) is 7.09. The summed E-state index contributed by atoms with van der Waals surface area (Å²) in [5.41, 5.74) is 14.6. The van der Waals surface area contributed by atoms with Gasteiger partial charge in [-0.2, -0.15) is 0 Å². The molecular weight excluding hydrogens is 539 g/mol. The van der Waals surface area contributed by atoms with E-state index in [0.29, 0.717) is 0 Å². The van der Waals surface area contributed by atoms with Crippen molar-refractivity contribution in [3.05, 3.63) is 137 Å². The summed E-state index contributed by atoms with van der Waals surface area (Å²) in [5, 5.41) is 1.07. The second-order valence-electron chi connectivity index (χ2n) is 12.0. The van der Waals surface area contributed by atoms with Gasteiger partial charge in [0, 0.05) is 35.6 Å². The van der Waals surface area contributed by atoms with E-state index in [9.17, 15) is 0 Å². The Kier molecular flexibility index (Phi) is 6.85. The highest BCUT2D eigenvalue weighted by molar-refractivity contribution is 6.86. The molecule has 3 heterocycles. The quantitative estimate of drug-likeness (QED) is 0.192. The van der Waals surface area contributed by atoms with Crippen molar-refractivity contribution in [3.8, 4) is 17.2 Å². The van der Waals surface area contributed by atoms with E-state index in [-0.39, 0.29) is 6.85 Å². The van der Waals surface area contributed by atoms with E-state index in [0.717, 1.165) is 39.1 Å². The maximum absolute atomic E-state index is 6.45. The van der Waals surface area contributed by atoms with Crippen LogP contribution < -0.4 is 15.7 Å². The first-order chi connectivity index (χ1) is 21.3. The molecule has 0 unspecified atom stereocenters. The molecule has 0 saturated heterocycles. The van der Waals surface area contributed by atoms with Crippen molar-refractivity contribution < 1.29 is 4.74 Å². The maximum atomic E-state index is 6.45. The number of ether oxygens (including phenoxy) is 1. The SMILES string of the molecule is Cc1cc(C)c(B(c2c(C)cc(C)cc2C)n2c3ccc(Oc4cccc(-n5ccnc5)c4)cc3c3ncccc32)c(C)c1. The Hall–Kier alpha value is -5.10. The van der Waals surface area contributed by atoms with Gasteiger partial charge in [0.2, 0.25) is 0 Å². The average molecular weight is 575 g/mol. The van der Waals surface area contributed by atoms with Gasteiger partial charge in [-0.15, -0.1) is 0 Å². The molecule has 0 bridgehead atoms. The van der Waals surface area contributed by atoms with Gasteiger partial charge in [0.1, 0.15) is 11.5 Å². The van der Waals surface area contributed by atoms with E-state index >= 15 is 0 Å². The molecule has 6 heteroatoms. The lowest BCUT2D eigenvalue weighted by Crippen LogP contribution is -2.53. The summed E-state index contributed by atoms with van der Waals surface area (Å²) >= 11 is 0. The molecule has 7 aromatic rings. The van der Waals surface area contributed by atoms with Crippen LogP contribution in [0.3, 0.4) is 0 Å². The van der Waals surface area contributed by atoms with E-state index < -0.39 is 0 Å². The van der Waals surface area contributed by atoms with Gasteiger partial charge in [-0.05, 0) is 94.9 Å². The van der Waals surface area contributed by atoms with Gasteiger partial charge < -0.3 is 13.8 Å². The second-order valence-corrected chi connectivity index (χ2v) is 12.0. The Morgan fingerprint density at radius 2 is 1.30 bits per heavy atom. The molecule has 0 atom stereocenters. The number of nitrogens with zero attached hydrogens (tertiary/aromatic N) is 4. The van der Waals surface area contributed by atoms with Gasteiger partial charge in [-0.3, -0.25) is 4.98 Å². The summed E-state index contributed by atoms with van der Waals surface area (Å²) in [4.78, 5) is 9.11. The third-order valence-corrected chi connectivity index (χ3v) is 8.67. The standard InChI is InChI=1S/C38H35BN4O/c1-24-17-26(3)36(27(4)18-24)39(37-28(5)19-25(2)20-29(37)6)43-34-13-12-32(22-33(34)38-35(43)11-8-14-41-38)44-31-10-7-9-30(21-31)42-16-15-40-23-42/h7-23H,1-6H3. The van der Waals surface area contributed by atoms with Crippen LogP contribution in [0.1, 0.15) is 33.4 Å². The van der Waals surface area contributed by atoms with Crippen molar-refractivity contribution in [3.63, 3.8) is 0 Å². The molecule has 0 aliphatic heterocycles. The van der Waals surface area contributed by atoms with Gasteiger partial charge >= 0.3 is 6.85 Å². The van der Waals surface area contributed by atoms with Crippen LogP contribution >= 0.6 is 0 Å². The van der Waals surface area contributed by atoms with Crippen molar-refractivity contribution in [1.82, 2.24) is 19.0 Å². The number of hydrogen-bond donors (Lipinski definition) is 0. The van der Waals surface area contributed by atoms with Crippen LogP contribution in [0.25, 0.3) is 27.6 Å². The van der Waals surface area contributed by atoms with Crippen LogP contribution in [-0.4, -0.2) is 25.9 Å². The fraction of sp³-hybridized carbons (Fsp3) is 0.158. The van der Waals surface area contributed by atoms with Crippen molar-refractivity contribution >= 4 is 39.7 Å². The largest absolute Gasteiger partial charge is 0.457 e. The third-order valence-electron chi connectivity index (χ3n) is 8.67. The molecule has 0 spiro atoms. The van der Waals surface area contributed by atoms with E-state index in [1.807, 2.05) is 47.3 Å². The first-order valence-electron chi connectivity index (χ1n) is 15.1. The Morgan fingerprint density at radius 1 is 0.636 bits per heavy atom. The normalized spacial score (nSPS) is 11.4. The molecule has 216 valence electrons. The number of benzene rings is 4. The van der Waals surface area contributed by atoms with Crippen molar-refractivity contribution in [2.75, 3.05) is 0 Å². The van der Waals surface area contributed by atoms with Gasteiger partial charge in [-0.25, -0.2) is 4.98 Å². The molecule has 5 nitrogen and oxygen atoms in total. The molecule has 0 radical (unpaired) electrons. The van der Waals surface area contributed by atoms with Crippen LogP contribution in [-0.2, 0) is 0 Å². The molecule has 0 aliphatic rings. The smallest absolute Gasteiger partial charge is 0.329 e. The van der Waals surface area contributed by atoms with Gasteiger partial charge in [0.25, 0.3) is 0 Å². The minimum Gasteiger partial charge on any atom is -0.457 e. The van der Waals surface area contributed by atoms with Crippen molar-refractivity contribution in [2.45, 2.75) is 41.5 Å². The summed E-state index contributed by atoms with van der Waals surface area (Å²) in [7, 11) is 0. The number of aryl methyl sites for hydroxylation is 6. The zero-order valence-electron chi connectivity index (χ0n) is 26.1. The van der Waals surface area contributed by atoms with Crippen LogP contribution in [0.4, 0.5) is 0 Å². The van der Waals surface area contributed by atoms with Gasteiger partial charge in [0.05, 0.1) is 23.0 Å². The molecular formula is C38H35BN4O. The molecule has 0 aliphatic carbocycles. The van der Waals surface area contributed by atoms with Crippen LogP contribution in [0.5, 0.6) is 11.5 Å².